The number of carbonyl (C=O) groups is 1. The second kappa shape index (κ2) is 7.96. The van der Waals surface area contributed by atoms with Crippen LogP contribution in [0, 0.1) is 0 Å². The van der Waals surface area contributed by atoms with Crippen LogP contribution in [-0.2, 0) is 10.0 Å². The summed E-state index contributed by atoms with van der Waals surface area (Å²) in [7, 11) is -3.58. The lowest BCUT2D eigenvalue weighted by Gasteiger charge is -2.13. The van der Waals surface area contributed by atoms with Gasteiger partial charge in [0.25, 0.3) is 0 Å². The highest BCUT2D eigenvalue weighted by Gasteiger charge is 2.14. The molecule has 7 nitrogen and oxygen atoms in total. The van der Waals surface area contributed by atoms with Gasteiger partial charge >= 0.3 is 6.03 Å². The zero-order valence-corrected chi connectivity index (χ0v) is 13.0. The van der Waals surface area contributed by atoms with E-state index in [1.807, 2.05) is 13.8 Å². The van der Waals surface area contributed by atoms with Crippen LogP contribution in [0.2, 0.25) is 0 Å². The van der Waals surface area contributed by atoms with Gasteiger partial charge in [0.2, 0.25) is 10.0 Å². The third kappa shape index (κ3) is 5.70. The summed E-state index contributed by atoms with van der Waals surface area (Å²) in [4.78, 5) is 10.7. The Morgan fingerprint density at radius 2 is 1.86 bits per heavy atom. The maximum atomic E-state index is 12.0. The molecule has 118 valence electrons. The van der Waals surface area contributed by atoms with Crippen molar-refractivity contribution >= 4 is 16.1 Å². The normalized spacial score (nSPS) is 12.9. The molecule has 0 aliphatic heterocycles. The molecule has 0 heterocycles. The monoisotopic (exact) mass is 314 g/mol. The molecule has 1 aromatic carbocycles. The standard InChI is InChI=1S/C13H22N4O3S/c1-3-15-10(2)11-4-6-12(7-5-11)21(19,20)17-9-8-16-13(14)18/h4-7,10,15,17H,3,8-9H2,1-2H3,(H3,14,16,18). The minimum absolute atomic E-state index is 0.0841. The van der Waals surface area contributed by atoms with Crippen molar-refractivity contribution < 1.29 is 13.2 Å². The van der Waals surface area contributed by atoms with Crippen LogP contribution in [0.5, 0.6) is 0 Å². The minimum Gasteiger partial charge on any atom is -0.352 e. The van der Waals surface area contributed by atoms with Gasteiger partial charge in [0.05, 0.1) is 4.90 Å². The molecule has 0 aromatic heterocycles. The van der Waals surface area contributed by atoms with Crippen molar-refractivity contribution in [2.24, 2.45) is 5.73 Å². The number of amides is 2. The van der Waals surface area contributed by atoms with Gasteiger partial charge in [0.1, 0.15) is 0 Å². The molecule has 8 heteroatoms. The van der Waals surface area contributed by atoms with Crippen molar-refractivity contribution in [2.45, 2.75) is 24.8 Å². The van der Waals surface area contributed by atoms with Crippen LogP contribution in [0.15, 0.2) is 29.2 Å². The molecule has 1 aromatic rings. The molecule has 0 aliphatic carbocycles. The van der Waals surface area contributed by atoms with Gasteiger partial charge in [-0.15, -0.1) is 0 Å². The van der Waals surface area contributed by atoms with E-state index in [2.05, 4.69) is 15.4 Å². The highest BCUT2D eigenvalue weighted by molar-refractivity contribution is 7.89. The quantitative estimate of drug-likeness (QED) is 0.517. The maximum Gasteiger partial charge on any atom is 0.312 e. The van der Waals surface area contributed by atoms with Crippen LogP contribution in [-0.4, -0.2) is 34.1 Å². The molecule has 21 heavy (non-hydrogen) atoms. The van der Waals surface area contributed by atoms with Crippen molar-refractivity contribution in [1.82, 2.24) is 15.4 Å². The smallest absolute Gasteiger partial charge is 0.312 e. The fourth-order valence-corrected chi connectivity index (χ4v) is 2.85. The Bertz CT molecular complexity index is 557. The second-order valence-electron chi connectivity index (χ2n) is 4.54. The largest absolute Gasteiger partial charge is 0.352 e. The van der Waals surface area contributed by atoms with Gasteiger partial charge in [-0.05, 0) is 31.2 Å². The van der Waals surface area contributed by atoms with Gasteiger partial charge < -0.3 is 16.4 Å². The van der Waals surface area contributed by atoms with E-state index in [1.165, 1.54) is 0 Å². The molecule has 0 saturated heterocycles. The summed E-state index contributed by atoms with van der Waals surface area (Å²) in [5.41, 5.74) is 5.91. The van der Waals surface area contributed by atoms with E-state index >= 15 is 0 Å². The number of benzene rings is 1. The number of carbonyl (C=O) groups excluding carboxylic acids is 1. The predicted octanol–water partition coefficient (Wildman–Crippen LogP) is 0.304. The lowest BCUT2D eigenvalue weighted by molar-refractivity contribution is 0.249. The number of rotatable bonds is 8. The fourth-order valence-electron chi connectivity index (χ4n) is 1.81. The number of primary amides is 1. The van der Waals surface area contributed by atoms with E-state index in [0.29, 0.717) is 0 Å². The molecule has 0 spiro atoms. The van der Waals surface area contributed by atoms with E-state index in [1.54, 1.807) is 24.3 Å². The van der Waals surface area contributed by atoms with Crippen molar-refractivity contribution in [3.63, 3.8) is 0 Å². The van der Waals surface area contributed by atoms with E-state index in [-0.39, 0.29) is 24.0 Å². The SMILES string of the molecule is CCNC(C)c1ccc(S(=O)(=O)NCCNC(N)=O)cc1. The first kappa shape index (κ1) is 17.4. The number of sulfonamides is 1. The molecule has 0 saturated carbocycles. The molecule has 1 atom stereocenters. The van der Waals surface area contributed by atoms with Gasteiger partial charge in [-0.2, -0.15) is 0 Å². The molecule has 0 radical (unpaired) electrons. The topological polar surface area (TPSA) is 113 Å². The Hall–Kier alpha value is -1.64. The Labute approximate surface area is 125 Å². The molecule has 5 N–H and O–H groups in total. The van der Waals surface area contributed by atoms with Crippen molar-refractivity contribution in [1.29, 1.82) is 0 Å². The van der Waals surface area contributed by atoms with Crippen LogP contribution >= 0.6 is 0 Å². The summed E-state index contributed by atoms with van der Waals surface area (Å²) in [6.07, 6.45) is 0. The van der Waals surface area contributed by atoms with Crippen LogP contribution in [0.4, 0.5) is 4.79 Å². The Balaban J connectivity index is 2.65. The second-order valence-corrected chi connectivity index (χ2v) is 6.30. The summed E-state index contributed by atoms with van der Waals surface area (Å²) in [5.74, 6) is 0. The third-order valence-corrected chi connectivity index (χ3v) is 4.39. The predicted molar refractivity (Wildman–Crippen MR) is 81.3 cm³/mol. The summed E-state index contributed by atoms with van der Waals surface area (Å²) in [5, 5.41) is 5.57. The molecule has 1 unspecified atom stereocenters. The summed E-state index contributed by atoms with van der Waals surface area (Å²) in [6, 6.07) is 6.17. The minimum atomic E-state index is -3.58. The summed E-state index contributed by atoms with van der Waals surface area (Å²) >= 11 is 0. The van der Waals surface area contributed by atoms with Crippen molar-refractivity contribution in [3.05, 3.63) is 29.8 Å². The lowest BCUT2D eigenvalue weighted by Crippen LogP contribution is -2.37. The fraction of sp³-hybridized carbons (Fsp3) is 0.462. The molecule has 2 amide bonds. The number of hydrogen-bond acceptors (Lipinski definition) is 4. The van der Waals surface area contributed by atoms with E-state index in [9.17, 15) is 13.2 Å². The first-order valence-corrected chi connectivity index (χ1v) is 8.21. The molecular formula is C13H22N4O3S. The van der Waals surface area contributed by atoms with E-state index < -0.39 is 16.1 Å². The first-order chi connectivity index (χ1) is 9.86. The van der Waals surface area contributed by atoms with Gasteiger partial charge in [-0.3, -0.25) is 0 Å². The van der Waals surface area contributed by atoms with Gasteiger partial charge in [-0.25, -0.2) is 17.9 Å². The lowest BCUT2D eigenvalue weighted by atomic mass is 10.1. The number of nitrogens with one attached hydrogen (secondary N) is 3. The molecule has 0 fully saturated rings. The average Bonchev–Trinajstić information content (AvgIpc) is 2.44. The highest BCUT2D eigenvalue weighted by atomic mass is 32.2. The van der Waals surface area contributed by atoms with Crippen LogP contribution in [0.1, 0.15) is 25.5 Å². The zero-order valence-electron chi connectivity index (χ0n) is 12.2. The van der Waals surface area contributed by atoms with Gasteiger partial charge in [0, 0.05) is 19.1 Å². The van der Waals surface area contributed by atoms with Gasteiger partial charge in [0.15, 0.2) is 0 Å². The van der Waals surface area contributed by atoms with E-state index in [4.69, 9.17) is 5.73 Å². The average molecular weight is 314 g/mol. The Kier molecular flexibility index (Phi) is 6.60. The molecule has 0 aliphatic rings. The van der Waals surface area contributed by atoms with Gasteiger partial charge in [-0.1, -0.05) is 19.1 Å². The first-order valence-electron chi connectivity index (χ1n) is 6.73. The van der Waals surface area contributed by atoms with Crippen LogP contribution < -0.4 is 21.1 Å². The maximum absolute atomic E-state index is 12.0. The van der Waals surface area contributed by atoms with Crippen LogP contribution in [0.3, 0.4) is 0 Å². The highest BCUT2D eigenvalue weighted by Crippen LogP contribution is 2.15. The molecule has 1 rings (SSSR count). The number of urea groups is 1. The third-order valence-electron chi connectivity index (χ3n) is 2.92. The molecular weight excluding hydrogens is 292 g/mol. The van der Waals surface area contributed by atoms with Crippen LogP contribution in [0.25, 0.3) is 0 Å². The number of nitrogens with two attached hydrogens (primary N) is 1. The van der Waals surface area contributed by atoms with Crippen molar-refractivity contribution in [2.75, 3.05) is 19.6 Å². The Morgan fingerprint density at radius 1 is 1.24 bits per heavy atom. The number of hydrogen-bond donors (Lipinski definition) is 4. The molecule has 0 bridgehead atoms. The zero-order chi connectivity index (χ0) is 15.9. The van der Waals surface area contributed by atoms with E-state index in [0.717, 1.165) is 12.1 Å². The van der Waals surface area contributed by atoms with Crippen molar-refractivity contribution in [3.8, 4) is 0 Å². The summed E-state index contributed by atoms with van der Waals surface area (Å²) in [6.45, 7) is 5.10. The Morgan fingerprint density at radius 3 is 2.38 bits per heavy atom. The summed E-state index contributed by atoms with van der Waals surface area (Å²) < 4.78 is 26.4.